The van der Waals surface area contributed by atoms with Gasteiger partial charge in [-0.3, -0.25) is 0 Å². The fraction of sp³-hybridized carbons (Fsp3) is 0.362. The fourth-order valence-corrected chi connectivity index (χ4v) is 4.75. The number of aryl methyl sites for hydroxylation is 5. The summed E-state index contributed by atoms with van der Waals surface area (Å²) >= 11 is 3.46. The Morgan fingerprint density at radius 1 is 0.895 bits per heavy atom. The van der Waals surface area contributed by atoms with E-state index in [4.69, 9.17) is 24.6 Å². The summed E-state index contributed by atoms with van der Waals surface area (Å²) in [5.41, 5.74) is 17.1. The van der Waals surface area contributed by atoms with Gasteiger partial charge in [0.1, 0.15) is 11.5 Å². The molecule has 0 amide bonds. The van der Waals surface area contributed by atoms with Crippen LogP contribution in [0, 0.1) is 20.8 Å². The van der Waals surface area contributed by atoms with Crippen LogP contribution < -0.4 is 0 Å². The quantitative estimate of drug-likeness (QED) is 0.0555. The number of nitrogens with zero attached hydrogens (tertiary/aromatic N) is 3. The number of azide groups is 1. The van der Waals surface area contributed by atoms with Gasteiger partial charge in [-0.05, 0) is 137 Å². The van der Waals surface area contributed by atoms with Crippen molar-refractivity contribution >= 4 is 28.5 Å². The zero-order chi connectivity index (χ0) is 44.1. The molecule has 0 saturated carbocycles. The molecule has 0 aliphatic carbocycles. The molecule has 0 unspecified atom stereocenters. The second-order valence-electron chi connectivity index (χ2n) is 11.4. The van der Waals surface area contributed by atoms with Crippen LogP contribution in [0.3, 0.4) is 0 Å². The summed E-state index contributed by atoms with van der Waals surface area (Å²) in [6.07, 6.45) is 15.9. The van der Waals surface area contributed by atoms with E-state index in [-0.39, 0.29) is 19.0 Å². The highest BCUT2D eigenvalue weighted by Gasteiger charge is 1.96. The van der Waals surface area contributed by atoms with E-state index < -0.39 is 0 Å². The normalized spacial score (nSPS) is 8.58. The largest absolute Gasteiger partial charge is 0.472 e. The Morgan fingerprint density at radius 2 is 1.49 bits per heavy atom. The molecule has 0 fully saturated rings. The average Bonchev–Trinajstić information content (AvgIpc) is 4.06. The molecule has 4 aromatic heterocycles. The topological polar surface area (TPSA) is 133 Å². The third kappa shape index (κ3) is 40.6. The predicted octanol–water partition coefficient (Wildman–Crippen LogP) is 14.7. The second kappa shape index (κ2) is 45.5. The number of furan rings is 2. The molecule has 10 heteroatoms. The van der Waals surface area contributed by atoms with Crippen LogP contribution in [-0.2, 0) is 37.4 Å². The highest BCUT2D eigenvalue weighted by atomic mass is 32.1. The number of carbonyl (C=O) groups is 1. The summed E-state index contributed by atoms with van der Waals surface area (Å²) in [4.78, 5) is 13.6. The predicted molar refractivity (Wildman–Crippen MR) is 247 cm³/mol. The van der Waals surface area contributed by atoms with E-state index in [2.05, 4.69) is 104 Å². The van der Waals surface area contributed by atoms with Crippen LogP contribution in [0.1, 0.15) is 106 Å². The first kappa shape index (κ1) is 58.8. The Bertz CT molecular complexity index is 1680. The van der Waals surface area contributed by atoms with E-state index in [0.717, 1.165) is 40.9 Å². The highest BCUT2D eigenvalue weighted by molar-refractivity contribution is 7.09. The van der Waals surface area contributed by atoms with Crippen molar-refractivity contribution in [1.82, 2.24) is 0 Å². The van der Waals surface area contributed by atoms with Crippen molar-refractivity contribution in [2.75, 3.05) is 0 Å². The zero-order valence-corrected chi connectivity index (χ0v) is 38.0. The summed E-state index contributed by atoms with van der Waals surface area (Å²) in [5, 5.41) is 26.7. The number of benzene rings is 1. The molecule has 2 N–H and O–H groups in total. The monoisotopic (exact) mass is 819 g/mol. The van der Waals surface area contributed by atoms with Gasteiger partial charge in [-0.15, -0.1) is 23.6 Å². The number of Topliss-reactive ketones (excluding diaryl/α,β-unsaturated/α-hetero) is 1. The van der Waals surface area contributed by atoms with Gasteiger partial charge in [-0.2, -0.15) is 11.3 Å². The average molecular weight is 820 g/mol. The van der Waals surface area contributed by atoms with Crippen molar-refractivity contribution in [1.29, 1.82) is 0 Å². The molecule has 0 bridgehead atoms. The first-order chi connectivity index (χ1) is 27.4. The molecule has 0 saturated heterocycles. The lowest BCUT2D eigenvalue weighted by Gasteiger charge is -1.89. The zero-order valence-electron chi connectivity index (χ0n) is 36.3. The summed E-state index contributed by atoms with van der Waals surface area (Å²) in [5.74, 6) is 0.965. The number of allylic oxidation sites excluding steroid dienone is 4. The van der Waals surface area contributed by atoms with E-state index in [1.165, 1.54) is 36.3 Å². The highest BCUT2D eigenvalue weighted by Crippen LogP contribution is 2.14. The molecule has 8 nitrogen and oxygen atoms in total. The van der Waals surface area contributed by atoms with Crippen LogP contribution in [0.15, 0.2) is 141 Å². The molecule has 0 spiro atoms. The van der Waals surface area contributed by atoms with E-state index in [1.54, 1.807) is 48.3 Å². The lowest BCUT2D eigenvalue weighted by atomic mass is 10.2. The Hall–Kier alpha value is -4.92. The van der Waals surface area contributed by atoms with Gasteiger partial charge >= 0.3 is 0 Å². The lowest BCUT2D eigenvalue weighted by molar-refractivity contribution is -0.115. The third-order valence-electron chi connectivity index (χ3n) is 6.39. The maximum atomic E-state index is 9.44. The van der Waals surface area contributed by atoms with Crippen LogP contribution in [0.25, 0.3) is 10.4 Å². The Labute approximate surface area is 352 Å². The molecule has 4 heterocycles. The second-order valence-corrected chi connectivity index (χ2v) is 13.2. The maximum absolute atomic E-state index is 9.44. The third-order valence-corrected chi connectivity index (χ3v) is 8.32. The number of ketones is 1. The minimum atomic E-state index is 0.0718. The van der Waals surface area contributed by atoms with Crippen LogP contribution >= 0.6 is 22.7 Å². The van der Waals surface area contributed by atoms with E-state index in [1.807, 2.05) is 69.7 Å². The number of carbonyl (C=O) groups excluding carboxylic acids is 1. The summed E-state index contributed by atoms with van der Waals surface area (Å²) < 4.78 is 9.67. The van der Waals surface area contributed by atoms with Crippen molar-refractivity contribution in [2.24, 2.45) is 5.11 Å². The molecule has 314 valence electrons. The number of thiophene rings is 2. The number of rotatable bonds is 7. The van der Waals surface area contributed by atoms with E-state index in [9.17, 15) is 4.79 Å². The molecule has 5 aromatic rings. The first-order valence-electron chi connectivity index (χ1n) is 18.7. The summed E-state index contributed by atoms with van der Waals surface area (Å²) in [6.45, 7) is 28.3. The molecule has 0 radical (unpaired) electrons. The van der Waals surface area contributed by atoms with Crippen molar-refractivity contribution in [3.8, 4) is 0 Å². The molecular weight excluding hydrogens is 751 g/mol. The van der Waals surface area contributed by atoms with E-state index in [0.29, 0.717) is 6.54 Å². The Morgan fingerprint density at radius 3 is 1.74 bits per heavy atom. The van der Waals surface area contributed by atoms with Gasteiger partial charge in [0.05, 0.1) is 38.5 Å². The number of hydrogen-bond acceptors (Lipinski definition) is 8. The van der Waals surface area contributed by atoms with Gasteiger partial charge in [0.2, 0.25) is 0 Å². The van der Waals surface area contributed by atoms with Gasteiger partial charge < -0.3 is 23.8 Å². The SMILES string of the molecule is C/C=C/CC.C=C=CC.C=CC.CC(C)=O.CCc1ccccc1.CCc1cccs1.Cc1cocc1CO.Cc1cscc1CN=[N+]=[N-].Cc1occc1CO. The van der Waals surface area contributed by atoms with Gasteiger partial charge in [-0.1, -0.05) is 87.1 Å². The van der Waals surface area contributed by atoms with Gasteiger partial charge in [0, 0.05) is 20.9 Å². The Balaban J connectivity index is -0.000000283. The van der Waals surface area contributed by atoms with Crippen LogP contribution in [-0.4, -0.2) is 16.0 Å². The van der Waals surface area contributed by atoms with Gasteiger partial charge in [0.25, 0.3) is 0 Å². The minimum Gasteiger partial charge on any atom is -0.472 e. The van der Waals surface area contributed by atoms with Crippen molar-refractivity contribution < 1.29 is 23.8 Å². The van der Waals surface area contributed by atoms with Gasteiger partial charge in [-0.25, -0.2) is 0 Å². The molecule has 1 aromatic carbocycles. The van der Waals surface area contributed by atoms with Crippen LogP contribution in [0.2, 0.25) is 0 Å². The van der Waals surface area contributed by atoms with E-state index >= 15 is 0 Å². The van der Waals surface area contributed by atoms with Crippen molar-refractivity contribution in [3.05, 3.63) is 181 Å². The summed E-state index contributed by atoms with van der Waals surface area (Å²) in [7, 11) is 0. The smallest absolute Gasteiger partial charge is 0.126 e. The number of aliphatic hydroxyl groups is 2. The minimum absolute atomic E-state index is 0.0718. The molecule has 57 heavy (non-hydrogen) atoms. The standard InChI is InChI=1S/C8H10.C6H7N3S.2C6H8O2.C6H8S.C5H10.C4H6.C3H6O.C3H6/c1-2-8-6-4-3-5-7-8;1-5-3-10-4-6(5)2-8-9-7;1-5-3-8-4-6(5)2-7;1-5-6(4-7)2-3-8-5;1-2-6-4-3-5-7-6;1-3-5-4-2;1-3-4-2;1-3(2)4;1-3-2/h3-7H,2H2,1H3;3-4H,2H2,1H3;3-4,7H,2H2,1H3;2-3,7H,4H2,1H3;3-5H,2H2,1H3;3,5H,4H2,1-2H3;4H,1H2,2H3;1-2H3;3H,1H2,2H3/b;;;;;5-3+;;;. The first-order valence-corrected chi connectivity index (χ1v) is 20.5. The lowest BCUT2D eigenvalue weighted by Crippen LogP contribution is -1.79. The Kier molecular flexibility index (Phi) is 46.9. The number of hydrogen-bond donors (Lipinski definition) is 2. The summed E-state index contributed by atoms with van der Waals surface area (Å²) in [6, 6.07) is 16.5. The van der Waals surface area contributed by atoms with Crippen molar-refractivity contribution in [2.45, 2.75) is 115 Å². The molecular formula is C47H69N3O5S2. The van der Waals surface area contributed by atoms with Crippen LogP contribution in [0.5, 0.6) is 0 Å². The molecule has 0 atom stereocenters. The number of aliphatic hydroxyl groups excluding tert-OH is 2. The van der Waals surface area contributed by atoms with Crippen molar-refractivity contribution in [3.63, 3.8) is 0 Å². The maximum Gasteiger partial charge on any atom is 0.126 e. The molecule has 0 aliphatic heterocycles. The molecule has 0 aliphatic rings. The van der Waals surface area contributed by atoms with Crippen LogP contribution in [0.4, 0.5) is 0 Å². The molecule has 5 rings (SSSR count). The van der Waals surface area contributed by atoms with Gasteiger partial charge in [0.15, 0.2) is 0 Å². The fourth-order valence-electron chi connectivity index (χ4n) is 3.24.